The molecule has 0 bridgehead atoms. The molecule has 2 rings (SSSR count). The highest BCUT2D eigenvalue weighted by Crippen LogP contribution is 2.18. The highest BCUT2D eigenvalue weighted by molar-refractivity contribution is 5.79. The summed E-state index contributed by atoms with van der Waals surface area (Å²) >= 11 is 0. The first-order chi connectivity index (χ1) is 11.0. The quantitative estimate of drug-likeness (QED) is 0.637. The van der Waals surface area contributed by atoms with Crippen LogP contribution in [0.5, 0.6) is 0 Å². The van der Waals surface area contributed by atoms with Crippen molar-refractivity contribution in [3.05, 3.63) is 17.0 Å². The van der Waals surface area contributed by atoms with Crippen molar-refractivity contribution in [3.8, 4) is 0 Å². The molecule has 0 spiro atoms. The van der Waals surface area contributed by atoms with Gasteiger partial charge in [0.2, 0.25) is 0 Å². The van der Waals surface area contributed by atoms with E-state index >= 15 is 0 Å². The number of aryl methyl sites for hydroxylation is 2. The van der Waals surface area contributed by atoms with Crippen molar-refractivity contribution in [3.63, 3.8) is 0 Å². The molecule has 130 valence electrons. The molecule has 2 heterocycles. The number of nitrogens with one attached hydrogen (secondary N) is 2. The van der Waals surface area contributed by atoms with Crippen molar-refractivity contribution in [1.29, 1.82) is 0 Å². The van der Waals surface area contributed by atoms with Gasteiger partial charge in [-0.25, -0.2) is 0 Å². The normalized spacial score (nSPS) is 17.5. The molecule has 1 saturated heterocycles. The van der Waals surface area contributed by atoms with Crippen LogP contribution in [0, 0.1) is 19.8 Å². The first kappa shape index (κ1) is 17.8. The third-order valence-corrected chi connectivity index (χ3v) is 5.00. The number of hydrogen-bond donors (Lipinski definition) is 2. The highest BCUT2D eigenvalue weighted by atomic mass is 15.3. The summed E-state index contributed by atoms with van der Waals surface area (Å²) in [6, 6.07) is 0. The summed E-state index contributed by atoms with van der Waals surface area (Å²) in [4.78, 5) is 6.74. The van der Waals surface area contributed by atoms with E-state index in [9.17, 15) is 0 Å². The molecule has 0 aliphatic carbocycles. The standard InChI is InChI=1S/C17H32N6/c1-13-16(14(2)23(5)21-13)12-20-17(18-3)19-9-6-15-7-10-22(4)11-8-15/h15H,6-12H2,1-5H3,(H2,18,19,20). The van der Waals surface area contributed by atoms with Crippen LogP contribution in [0.1, 0.15) is 36.2 Å². The van der Waals surface area contributed by atoms with Crippen molar-refractivity contribution >= 4 is 5.96 Å². The van der Waals surface area contributed by atoms with Crippen molar-refractivity contribution in [2.45, 2.75) is 39.7 Å². The third kappa shape index (κ3) is 4.96. The average molecular weight is 320 g/mol. The second-order valence-corrected chi connectivity index (χ2v) is 6.66. The lowest BCUT2D eigenvalue weighted by molar-refractivity contribution is 0.213. The summed E-state index contributed by atoms with van der Waals surface area (Å²) in [6.45, 7) is 8.38. The first-order valence-corrected chi connectivity index (χ1v) is 8.63. The zero-order chi connectivity index (χ0) is 16.8. The van der Waals surface area contributed by atoms with Gasteiger partial charge in [-0.3, -0.25) is 9.67 Å². The average Bonchev–Trinajstić information content (AvgIpc) is 2.78. The molecule has 1 aliphatic heterocycles. The summed E-state index contributed by atoms with van der Waals surface area (Å²) < 4.78 is 1.93. The van der Waals surface area contributed by atoms with Gasteiger partial charge < -0.3 is 15.5 Å². The summed E-state index contributed by atoms with van der Waals surface area (Å²) in [5.74, 6) is 1.72. The molecule has 0 aromatic carbocycles. The number of hydrogen-bond acceptors (Lipinski definition) is 3. The smallest absolute Gasteiger partial charge is 0.191 e. The zero-order valence-electron chi connectivity index (χ0n) is 15.3. The minimum Gasteiger partial charge on any atom is -0.356 e. The van der Waals surface area contributed by atoms with Gasteiger partial charge in [-0.05, 0) is 59.2 Å². The molecule has 23 heavy (non-hydrogen) atoms. The van der Waals surface area contributed by atoms with Gasteiger partial charge in [0, 0.05) is 38.4 Å². The Balaban J connectivity index is 1.73. The predicted octanol–water partition coefficient (Wildman–Crippen LogP) is 1.43. The lowest BCUT2D eigenvalue weighted by Crippen LogP contribution is -2.39. The van der Waals surface area contributed by atoms with Crippen LogP contribution in [-0.4, -0.2) is 54.4 Å². The van der Waals surface area contributed by atoms with Crippen molar-refractivity contribution in [2.75, 3.05) is 33.7 Å². The summed E-state index contributed by atoms with van der Waals surface area (Å²) in [6.07, 6.45) is 3.86. The van der Waals surface area contributed by atoms with Gasteiger partial charge in [-0.2, -0.15) is 5.10 Å². The Labute approximate surface area is 140 Å². The molecule has 1 fully saturated rings. The van der Waals surface area contributed by atoms with Crippen LogP contribution in [0.15, 0.2) is 4.99 Å². The minimum absolute atomic E-state index is 0.763. The molecule has 0 unspecified atom stereocenters. The van der Waals surface area contributed by atoms with E-state index in [1.54, 1.807) is 0 Å². The van der Waals surface area contributed by atoms with Gasteiger partial charge in [0.05, 0.1) is 5.69 Å². The van der Waals surface area contributed by atoms with E-state index in [0.29, 0.717) is 0 Å². The van der Waals surface area contributed by atoms with Gasteiger partial charge in [-0.1, -0.05) is 0 Å². The van der Waals surface area contributed by atoms with E-state index in [1.807, 2.05) is 18.8 Å². The van der Waals surface area contributed by atoms with Crippen LogP contribution in [0.3, 0.4) is 0 Å². The maximum atomic E-state index is 4.46. The predicted molar refractivity (Wildman–Crippen MR) is 95.7 cm³/mol. The number of aromatic nitrogens is 2. The number of likely N-dealkylation sites (tertiary alicyclic amines) is 1. The van der Waals surface area contributed by atoms with Gasteiger partial charge >= 0.3 is 0 Å². The Kier molecular flexibility index (Phi) is 6.45. The van der Waals surface area contributed by atoms with Crippen LogP contribution >= 0.6 is 0 Å². The second kappa shape index (κ2) is 8.34. The Morgan fingerprint density at radius 3 is 2.48 bits per heavy atom. The van der Waals surface area contributed by atoms with Crippen molar-refractivity contribution in [2.24, 2.45) is 18.0 Å². The van der Waals surface area contributed by atoms with Crippen LogP contribution in [0.25, 0.3) is 0 Å². The number of rotatable bonds is 5. The maximum Gasteiger partial charge on any atom is 0.191 e. The molecule has 1 aliphatic rings. The summed E-state index contributed by atoms with van der Waals surface area (Å²) in [5.41, 5.74) is 3.54. The highest BCUT2D eigenvalue weighted by Gasteiger charge is 2.16. The number of aliphatic imine (C=N–C) groups is 1. The molecule has 0 amide bonds. The molecular formula is C17H32N6. The molecule has 0 saturated carbocycles. The van der Waals surface area contributed by atoms with Crippen molar-refractivity contribution < 1.29 is 0 Å². The van der Waals surface area contributed by atoms with Crippen LogP contribution in [0.4, 0.5) is 0 Å². The van der Waals surface area contributed by atoms with Crippen LogP contribution in [-0.2, 0) is 13.6 Å². The molecular weight excluding hydrogens is 288 g/mol. The number of guanidine groups is 1. The van der Waals surface area contributed by atoms with E-state index in [0.717, 1.165) is 30.7 Å². The molecule has 0 atom stereocenters. The summed E-state index contributed by atoms with van der Waals surface area (Å²) in [7, 11) is 6.02. The molecule has 2 N–H and O–H groups in total. The zero-order valence-corrected chi connectivity index (χ0v) is 15.3. The Morgan fingerprint density at radius 1 is 1.22 bits per heavy atom. The fourth-order valence-electron chi connectivity index (χ4n) is 3.21. The SMILES string of the molecule is CN=C(NCCC1CCN(C)CC1)NCc1c(C)nn(C)c1C. The van der Waals surface area contributed by atoms with Crippen molar-refractivity contribution in [1.82, 2.24) is 25.3 Å². The number of piperidine rings is 1. The van der Waals surface area contributed by atoms with Crippen LogP contribution < -0.4 is 10.6 Å². The minimum atomic E-state index is 0.763. The monoisotopic (exact) mass is 320 g/mol. The molecule has 0 radical (unpaired) electrons. The van der Waals surface area contributed by atoms with Gasteiger partial charge in [-0.15, -0.1) is 0 Å². The largest absolute Gasteiger partial charge is 0.356 e. The van der Waals surface area contributed by atoms with E-state index in [-0.39, 0.29) is 0 Å². The number of nitrogens with zero attached hydrogens (tertiary/aromatic N) is 4. The van der Waals surface area contributed by atoms with E-state index in [2.05, 4.69) is 46.5 Å². The Morgan fingerprint density at radius 2 is 1.91 bits per heavy atom. The van der Waals surface area contributed by atoms with Gasteiger partial charge in [0.15, 0.2) is 5.96 Å². The molecule has 6 heteroatoms. The fraction of sp³-hybridized carbons (Fsp3) is 0.765. The topological polar surface area (TPSA) is 57.5 Å². The lowest BCUT2D eigenvalue weighted by atomic mass is 9.94. The Hall–Kier alpha value is -1.56. The van der Waals surface area contributed by atoms with E-state index < -0.39 is 0 Å². The maximum absolute atomic E-state index is 4.46. The van der Waals surface area contributed by atoms with Crippen LogP contribution in [0.2, 0.25) is 0 Å². The summed E-state index contributed by atoms with van der Waals surface area (Å²) in [5, 5.41) is 11.3. The lowest BCUT2D eigenvalue weighted by Gasteiger charge is -2.29. The van der Waals surface area contributed by atoms with Gasteiger partial charge in [0.1, 0.15) is 0 Å². The fourth-order valence-corrected chi connectivity index (χ4v) is 3.21. The van der Waals surface area contributed by atoms with Gasteiger partial charge in [0.25, 0.3) is 0 Å². The molecule has 1 aromatic rings. The Bertz CT molecular complexity index is 525. The molecule has 1 aromatic heterocycles. The third-order valence-electron chi connectivity index (χ3n) is 5.00. The van der Waals surface area contributed by atoms with E-state index in [1.165, 1.54) is 43.6 Å². The first-order valence-electron chi connectivity index (χ1n) is 8.63. The van der Waals surface area contributed by atoms with E-state index in [4.69, 9.17) is 0 Å². The molecule has 6 nitrogen and oxygen atoms in total. The second-order valence-electron chi connectivity index (χ2n) is 6.66.